The zero-order chi connectivity index (χ0) is 17.8. The number of fused-ring (bicyclic) bond motifs is 1. The van der Waals surface area contributed by atoms with E-state index < -0.39 is 0 Å². The van der Waals surface area contributed by atoms with Gasteiger partial charge in [-0.15, -0.1) is 11.3 Å². The van der Waals surface area contributed by atoms with E-state index in [-0.39, 0.29) is 5.91 Å². The first kappa shape index (κ1) is 16.8. The van der Waals surface area contributed by atoms with Gasteiger partial charge in [-0.1, -0.05) is 18.2 Å². The molecule has 0 unspecified atom stereocenters. The lowest BCUT2D eigenvalue weighted by atomic mass is 9.90. The number of aryl methyl sites for hydroxylation is 1. The number of hydrogen-bond acceptors (Lipinski definition) is 4. The highest BCUT2D eigenvalue weighted by Gasteiger charge is 2.15. The molecule has 0 bridgehead atoms. The third kappa shape index (κ3) is 3.78. The molecule has 0 aliphatic heterocycles. The van der Waals surface area contributed by atoms with Gasteiger partial charge in [0.1, 0.15) is 12.4 Å². The first-order chi connectivity index (χ1) is 12.8. The normalized spacial score (nSPS) is 13.1. The Kier molecular flexibility index (Phi) is 4.97. The lowest BCUT2D eigenvalue weighted by Crippen LogP contribution is -2.15. The molecule has 3 aromatic rings. The average Bonchev–Trinajstić information content (AvgIpc) is 3.20. The fraction of sp³-hybridized carbons (Fsp3) is 0.238. The molecule has 2 aromatic carbocycles. The molecule has 0 atom stereocenters. The summed E-state index contributed by atoms with van der Waals surface area (Å²) in [6.45, 7) is 0.404. The summed E-state index contributed by atoms with van der Waals surface area (Å²) >= 11 is 1.54. The zero-order valence-electron chi connectivity index (χ0n) is 14.4. The third-order valence-electron chi connectivity index (χ3n) is 4.61. The predicted molar refractivity (Wildman–Crippen MR) is 104 cm³/mol. The van der Waals surface area contributed by atoms with Crippen molar-refractivity contribution in [3.05, 3.63) is 75.7 Å². The number of rotatable bonds is 5. The van der Waals surface area contributed by atoms with E-state index in [2.05, 4.69) is 16.4 Å². The molecule has 0 spiro atoms. The smallest absolute Gasteiger partial charge is 0.255 e. The van der Waals surface area contributed by atoms with E-state index in [4.69, 9.17) is 4.74 Å². The maximum atomic E-state index is 12.7. The number of carbonyl (C=O) groups is 1. The molecule has 1 aromatic heterocycles. The summed E-state index contributed by atoms with van der Waals surface area (Å²) in [5.41, 5.74) is 6.83. The first-order valence-corrected chi connectivity index (χ1v) is 9.76. The van der Waals surface area contributed by atoms with Crippen LogP contribution in [-0.2, 0) is 19.4 Å². The Morgan fingerprint density at radius 3 is 2.92 bits per heavy atom. The molecule has 0 saturated heterocycles. The SMILES string of the molecule is O=C(Nc1cccc2c1CCCC2)c1cccc(OCc2cscn2)c1. The summed E-state index contributed by atoms with van der Waals surface area (Å²) in [6.07, 6.45) is 4.53. The minimum atomic E-state index is -0.108. The van der Waals surface area contributed by atoms with E-state index >= 15 is 0 Å². The molecule has 1 aliphatic carbocycles. The molecule has 1 amide bonds. The highest BCUT2D eigenvalue weighted by Crippen LogP contribution is 2.28. The lowest BCUT2D eigenvalue weighted by molar-refractivity contribution is 0.102. The lowest BCUT2D eigenvalue weighted by Gasteiger charge is -2.19. The number of amides is 1. The fourth-order valence-corrected chi connectivity index (χ4v) is 3.83. The van der Waals surface area contributed by atoms with Gasteiger partial charge in [-0.05, 0) is 61.1 Å². The van der Waals surface area contributed by atoms with Crippen LogP contribution in [0.25, 0.3) is 0 Å². The highest BCUT2D eigenvalue weighted by atomic mass is 32.1. The van der Waals surface area contributed by atoms with Gasteiger partial charge < -0.3 is 10.1 Å². The molecule has 4 nitrogen and oxygen atoms in total. The quantitative estimate of drug-likeness (QED) is 0.704. The summed E-state index contributed by atoms with van der Waals surface area (Å²) in [5.74, 6) is 0.559. The van der Waals surface area contributed by atoms with E-state index in [1.54, 1.807) is 17.6 Å². The molecule has 1 heterocycles. The van der Waals surface area contributed by atoms with Crippen molar-refractivity contribution in [3.8, 4) is 5.75 Å². The molecule has 5 heteroatoms. The van der Waals surface area contributed by atoms with E-state index in [1.165, 1.54) is 35.3 Å². The second-order valence-corrected chi connectivity index (χ2v) is 7.12. The number of ether oxygens (including phenoxy) is 1. The van der Waals surface area contributed by atoms with Crippen molar-refractivity contribution in [1.82, 2.24) is 4.98 Å². The van der Waals surface area contributed by atoms with Crippen molar-refractivity contribution in [2.45, 2.75) is 32.3 Å². The zero-order valence-corrected chi connectivity index (χ0v) is 15.2. The van der Waals surface area contributed by atoms with Crippen molar-refractivity contribution in [3.63, 3.8) is 0 Å². The number of hydrogen-bond donors (Lipinski definition) is 1. The van der Waals surface area contributed by atoms with Crippen LogP contribution in [0.1, 0.15) is 40.0 Å². The number of nitrogens with zero attached hydrogens (tertiary/aromatic N) is 1. The van der Waals surface area contributed by atoms with E-state index in [0.29, 0.717) is 17.9 Å². The van der Waals surface area contributed by atoms with Crippen LogP contribution in [0.15, 0.2) is 53.4 Å². The van der Waals surface area contributed by atoms with Crippen molar-refractivity contribution in [1.29, 1.82) is 0 Å². The Morgan fingerprint density at radius 2 is 2.04 bits per heavy atom. The third-order valence-corrected chi connectivity index (χ3v) is 5.25. The van der Waals surface area contributed by atoms with Gasteiger partial charge in [0.25, 0.3) is 5.91 Å². The molecule has 4 rings (SSSR count). The van der Waals surface area contributed by atoms with Crippen LogP contribution in [-0.4, -0.2) is 10.9 Å². The van der Waals surface area contributed by atoms with Crippen LogP contribution in [0, 0.1) is 0 Å². The Hall–Kier alpha value is -2.66. The molecule has 1 aliphatic rings. The number of nitrogens with one attached hydrogen (secondary N) is 1. The number of aromatic nitrogens is 1. The fourth-order valence-electron chi connectivity index (χ4n) is 3.29. The van der Waals surface area contributed by atoms with E-state index in [0.717, 1.165) is 24.2 Å². The van der Waals surface area contributed by atoms with Crippen LogP contribution >= 0.6 is 11.3 Å². The first-order valence-electron chi connectivity index (χ1n) is 8.81. The van der Waals surface area contributed by atoms with Crippen molar-refractivity contribution in [2.75, 3.05) is 5.32 Å². The largest absolute Gasteiger partial charge is 0.487 e. The summed E-state index contributed by atoms with van der Waals surface area (Å²) in [5, 5.41) is 5.03. The maximum Gasteiger partial charge on any atom is 0.255 e. The van der Waals surface area contributed by atoms with Crippen LogP contribution in [0.3, 0.4) is 0 Å². The predicted octanol–water partition coefficient (Wildman–Crippen LogP) is 4.85. The van der Waals surface area contributed by atoms with Crippen LogP contribution < -0.4 is 10.1 Å². The van der Waals surface area contributed by atoms with Gasteiger partial charge in [0, 0.05) is 16.6 Å². The second kappa shape index (κ2) is 7.70. The van der Waals surface area contributed by atoms with Crippen LogP contribution in [0.2, 0.25) is 0 Å². The number of anilines is 1. The Labute approximate surface area is 156 Å². The summed E-state index contributed by atoms with van der Waals surface area (Å²) in [6, 6.07) is 13.5. The molecule has 1 N–H and O–H groups in total. The summed E-state index contributed by atoms with van der Waals surface area (Å²) < 4.78 is 5.75. The van der Waals surface area contributed by atoms with Crippen molar-refractivity contribution < 1.29 is 9.53 Å². The standard InChI is InChI=1S/C21H20N2O2S/c24-21(23-20-10-4-6-15-5-1-2-9-19(15)20)16-7-3-8-18(11-16)25-12-17-13-26-14-22-17/h3-4,6-8,10-11,13-14H,1-2,5,9,12H2,(H,23,24). The van der Waals surface area contributed by atoms with Gasteiger partial charge in [-0.2, -0.15) is 0 Å². The Bertz CT molecular complexity index is 906. The van der Waals surface area contributed by atoms with Gasteiger partial charge in [0.15, 0.2) is 0 Å². The molecule has 0 radical (unpaired) electrons. The molecule has 0 saturated carbocycles. The number of thiazole rings is 1. The molecule has 132 valence electrons. The molecular weight excluding hydrogens is 344 g/mol. The Morgan fingerprint density at radius 1 is 1.15 bits per heavy atom. The van der Waals surface area contributed by atoms with Gasteiger partial charge in [-0.25, -0.2) is 4.98 Å². The van der Waals surface area contributed by atoms with Gasteiger partial charge in [-0.3, -0.25) is 4.79 Å². The second-order valence-electron chi connectivity index (χ2n) is 6.40. The Balaban J connectivity index is 1.47. The van der Waals surface area contributed by atoms with Crippen LogP contribution in [0.4, 0.5) is 5.69 Å². The van der Waals surface area contributed by atoms with E-state index in [1.807, 2.05) is 29.6 Å². The minimum Gasteiger partial charge on any atom is -0.487 e. The van der Waals surface area contributed by atoms with Gasteiger partial charge in [0.2, 0.25) is 0 Å². The number of benzene rings is 2. The minimum absolute atomic E-state index is 0.108. The molecular formula is C21H20N2O2S. The van der Waals surface area contributed by atoms with Crippen molar-refractivity contribution >= 4 is 22.9 Å². The van der Waals surface area contributed by atoms with Crippen LogP contribution in [0.5, 0.6) is 5.75 Å². The number of carbonyl (C=O) groups excluding carboxylic acids is 1. The average molecular weight is 364 g/mol. The van der Waals surface area contributed by atoms with Gasteiger partial charge >= 0.3 is 0 Å². The molecule has 26 heavy (non-hydrogen) atoms. The van der Waals surface area contributed by atoms with Crippen molar-refractivity contribution in [2.24, 2.45) is 0 Å². The maximum absolute atomic E-state index is 12.7. The monoisotopic (exact) mass is 364 g/mol. The molecule has 0 fully saturated rings. The summed E-state index contributed by atoms with van der Waals surface area (Å²) in [4.78, 5) is 16.9. The topological polar surface area (TPSA) is 51.2 Å². The van der Waals surface area contributed by atoms with E-state index in [9.17, 15) is 4.79 Å². The highest BCUT2D eigenvalue weighted by molar-refractivity contribution is 7.07. The van der Waals surface area contributed by atoms with Gasteiger partial charge in [0.05, 0.1) is 11.2 Å². The summed E-state index contributed by atoms with van der Waals surface area (Å²) in [7, 11) is 0.